The van der Waals surface area contributed by atoms with Crippen LogP contribution in [0.1, 0.15) is 0 Å². The highest BCUT2D eigenvalue weighted by Crippen LogP contribution is 2.56. The lowest BCUT2D eigenvalue weighted by atomic mass is 9.29. The molecule has 12 heteroatoms. The Labute approximate surface area is 530 Å². The Kier molecular flexibility index (Phi) is 7.88. The van der Waals surface area contributed by atoms with Gasteiger partial charge >= 0.3 is 0 Å². The van der Waals surface area contributed by atoms with E-state index in [4.69, 9.17) is 14.2 Å². The number of ether oxygens (including phenoxy) is 3. The van der Waals surface area contributed by atoms with Gasteiger partial charge in [0.15, 0.2) is 0 Å². The van der Waals surface area contributed by atoms with Gasteiger partial charge in [0.1, 0.15) is 34.5 Å². The zero-order valence-electron chi connectivity index (χ0n) is 50.4. The van der Waals surface area contributed by atoms with Crippen molar-refractivity contribution in [2.24, 2.45) is 0 Å². The molecule has 0 fully saturated rings. The number of rotatable bonds is 0. The number of para-hydroxylation sites is 8. The summed E-state index contributed by atoms with van der Waals surface area (Å²) in [6.45, 7) is -0.578. The van der Waals surface area contributed by atoms with Gasteiger partial charge in [-0.2, -0.15) is 0 Å². The molecule has 12 heterocycles. The molecule has 0 bridgehead atoms. The van der Waals surface area contributed by atoms with Gasteiger partial charge < -0.3 is 42.1 Å². The number of hydrogen-bond acceptors (Lipinski definition) is 6. The average Bonchev–Trinajstić information content (AvgIpc) is 1.61. The highest BCUT2D eigenvalue weighted by molar-refractivity contribution is 7.04. The minimum atomic E-state index is -0.256. The number of nitrogens with zero attached hydrogens (tertiary/aromatic N) is 6. The minimum Gasteiger partial charge on any atom is -0.458 e. The van der Waals surface area contributed by atoms with Crippen LogP contribution in [-0.4, -0.2) is 54.5 Å². The zero-order valence-corrected chi connectivity index (χ0v) is 50.4. The van der Waals surface area contributed by atoms with Crippen molar-refractivity contribution in [1.29, 1.82) is 0 Å². The van der Waals surface area contributed by atoms with E-state index >= 15 is 0 Å². The first kappa shape index (κ1) is 47.2. The van der Waals surface area contributed by atoms with Crippen molar-refractivity contribution in [3.05, 3.63) is 218 Å². The summed E-state index contributed by atoms with van der Waals surface area (Å²) in [4.78, 5) is 7.53. The van der Waals surface area contributed by atoms with Gasteiger partial charge in [0.05, 0.1) is 65.8 Å². The smallest absolute Gasteiger partial charge is 0.256 e. The van der Waals surface area contributed by atoms with Gasteiger partial charge in [-0.25, -0.2) is 0 Å². The molecule has 0 saturated heterocycles. The second-order valence-corrected chi connectivity index (χ2v) is 27.0. The summed E-state index contributed by atoms with van der Waals surface area (Å²) in [6.07, 6.45) is 0. The third-order valence-electron chi connectivity index (χ3n) is 23.1. The van der Waals surface area contributed by atoms with Crippen LogP contribution in [0.4, 0.5) is 34.1 Å². The van der Waals surface area contributed by atoms with Crippen LogP contribution in [0.2, 0.25) is 0 Å². The Morgan fingerprint density at radius 3 is 0.903 bits per heavy atom. The maximum absolute atomic E-state index is 8.01. The predicted octanol–water partition coefficient (Wildman–Crippen LogP) is 13.2. The number of anilines is 6. The van der Waals surface area contributed by atoms with Crippen molar-refractivity contribution < 1.29 is 14.2 Å². The molecule has 0 saturated carbocycles. The van der Waals surface area contributed by atoms with Crippen LogP contribution in [0.25, 0.3) is 114 Å². The number of benzene rings is 13. The molecule has 93 heavy (non-hydrogen) atoms. The third-order valence-corrected chi connectivity index (χ3v) is 23.1. The third kappa shape index (κ3) is 5.04. The fraction of sp³-hybridized carbons (Fsp3) is 0.0370. The van der Waals surface area contributed by atoms with Crippen LogP contribution >= 0.6 is 0 Å². The molecular formula is C81H45B3N6O3. The lowest BCUT2D eigenvalue weighted by Crippen LogP contribution is -2.65. The molecule has 0 radical (unpaired) electrons. The van der Waals surface area contributed by atoms with Crippen molar-refractivity contribution >= 4 is 218 Å². The Morgan fingerprint density at radius 2 is 0.538 bits per heavy atom. The highest BCUT2D eigenvalue weighted by atomic mass is 16.5. The topological polar surface area (TPSA) is 50.6 Å². The zero-order chi connectivity index (χ0) is 60.0. The quantitative estimate of drug-likeness (QED) is 0.141. The van der Waals surface area contributed by atoms with E-state index in [2.05, 4.69) is 267 Å². The van der Waals surface area contributed by atoms with Crippen LogP contribution in [-0.2, 0) is 0 Å². The summed E-state index contributed by atoms with van der Waals surface area (Å²) in [5.74, 6) is 5.48. The molecular weight excluding hydrogens is 1140 g/mol. The van der Waals surface area contributed by atoms with Crippen LogP contribution in [0.15, 0.2) is 218 Å². The first-order chi connectivity index (χ1) is 46.0. The summed E-state index contributed by atoms with van der Waals surface area (Å²) in [6, 6.07) is 81.6. The van der Waals surface area contributed by atoms with E-state index in [0.717, 1.165) is 61.9 Å². The normalized spacial score (nSPS) is 14.7. The molecule has 0 atom stereocenters. The maximum Gasteiger partial charge on any atom is 0.256 e. The van der Waals surface area contributed by atoms with Gasteiger partial charge in [0, 0.05) is 110 Å². The number of aromatic nitrogens is 3. The van der Waals surface area contributed by atoms with Crippen LogP contribution in [0, 0.1) is 0 Å². The molecule has 0 amide bonds. The lowest BCUT2D eigenvalue weighted by molar-refractivity contribution is 0.493. The fourth-order valence-electron chi connectivity index (χ4n) is 19.8. The van der Waals surface area contributed by atoms with Crippen LogP contribution < -0.4 is 78.1 Å². The molecule has 25 rings (SSSR count). The number of fused-ring (bicyclic) bond motifs is 36. The van der Waals surface area contributed by atoms with Crippen molar-refractivity contribution in [1.82, 2.24) is 13.2 Å². The van der Waals surface area contributed by atoms with Crippen molar-refractivity contribution in [3.63, 3.8) is 0 Å². The first-order valence-corrected chi connectivity index (χ1v) is 32.4. The Morgan fingerprint density at radius 1 is 0.258 bits per heavy atom. The molecule has 0 spiro atoms. The standard InChI is InChI=1S/C81H45B3N6O3/c1-85-58-38-59-49(36-48(58)82-46-26-10-18-34-61(46)91-79-67-43-23-7-15-31-55(43)88-52-28-12-4-20-40(52)64(73(67)88)76(85)70(79)82)84-51-37-50-60(39-63(51)93-81-69-45-25-9-17-33-57(45)90-54-30-14-6-22-42(54)66(75(69)90)78(72(81)84)86(59)2)87(3)77-65-41-21-5-13-29-53(41)89-56-32-16-8-24-44(56)68(74(65)89)80-71(77)83(50)47-27-11-19-35-62(47)92-80/h4-39H,1-3H3. The van der Waals surface area contributed by atoms with Gasteiger partial charge in [-0.15, -0.1) is 0 Å². The van der Waals surface area contributed by atoms with Crippen LogP contribution in [0.5, 0.6) is 34.5 Å². The van der Waals surface area contributed by atoms with Gasteiger partial charge in [-0.3, -0.25) is 0 Å². The SMILES string of the molecule is CN1c2cc3c(cc2B2c4ccccc4Oc4c2c1c1c2ccccc2n2c5ccccc5c4c12)B1c2cc4c(cc2N(C)c2c1c(c1c5ccccc5n5c6ccccc6c2c15)O3)N(C)c1c2c(c3c5ccccc5n5c6ccccc6c1c35)Oc1ccccc1B42. The highest BCUT2D eigenvalue weighted by Gasteiger charge is 2.51. The first-order valence-electron chi connectivity index (χ1n) is 32.4. The summed E-state index contributed by atoms with van der Waals surface area (Å²) in [5.41, 5.74) is 28.6. The molecule has 6 aromatic heterocycles. The molecule has 9 nitrogen and oxygen atoms in total. The van der Waals surface area contributed by atoms with Crippen molar-refractivity contribution in [2.75, 3.05) is 35.8 Å². The van der Waals surface area contributed by atoms with E-state index in [9.17, 15) is 0 Å². The van der Waals surface area contributed by atoms with E-state index in [1.807, 2.05) is 0 Å². The number of hydrogen-bond donors (Lipinski definition) is 0. The molecule has 6 aliphatic rings. The van der Waals surface area contributed by atoms with E-state index < -0.39 is 0 Å². The Balaban J connectivity index is 0.821. The lowest BCUT2D eigenvalue weighted by Gasteiger charge is -2.44. The fourth-order valence-corrected chi connectivity index (χ4v) is 19.8. The van der Waals surface area contributed by atoms with E-state index in [1.54, 1.807) is 0 Å². The molecule has 0 unspecified atom stereocenters. The second-order valence-electron chi connectivity index (χ2n) is 27.0. The summed E-state index contributed by atoms with van der Waals surface area (Å²) in [5, 5.41) is 14.5. The average molecular weight is 1180 g/mol. The molecule has 6 aliphatic heterocycles. The largest absolute Gasteiger partial charge is 0.458 e. The molecule has 13 aromatic carbocycles. The minimum absolute atomic E-state index is 0.155. The Bertz CT molecular complexity index is 6840. The summed E-state index contributed by atoms with van der Waals surface area (Å²) in [7, 11) is 6.91. The summed E-state index contributed by atoms with van der Waals surface area (Å²) >= 11 is 0. The maximum atomic E-state index is 8.01. The monoisotopic (exact) mass is 1180 g/mol. The van der Waals surface area contributed by atoms with Crippen LogP contribution in [0.3, 0.4) is 0 Å². The molecule has 426 valence electrons. The van der Waals surface area contributed by atoms with Gasteiger partial charge in [0.25, 0.3) is 20.1 Å². The van der Waals surface area contributed by atoms with Gasteiger partial charge in [0.2, 0.25) is 0 Å². The van der Waals surface area contributed by atoms with E-state index in [-0.39, 0.29) is 20.1 Å². The molecule has 0 aliphatic carbocycles. The Hall–Kier alpha value is -11.7. The van der Waals surface area contributed by atoms with Gasteiger partial charge in [-0.1, -0.05) is 158 Å². The second kappa shape index (κ2) is 15.5. The molecule has 19 aromatic rings. The van der Waals surface area contributed by atoms with E-state index in [1.165, 1.54) is 170 Å². The summed E-state index contributed by atoms with van der Waals surface area (Å²) < 4.78 is 30.4. The van der Waals surface area contributed by atoms with E-state index in [0.29, 0.717) is 0 Å². The molecule has 0 N–H and O–H groups in total. The van der Waals surface area contributed by atoms with Crippen molar-refractivity contribution in [3.8, 4) is 34.5 Å². The predicted molar refractivity (Wildman–Crippen MR) is 387 cm³/mol. The van der Waals surface area contributed by atoms with Gasteiger partial charge in [-0.05, 0) is 104 Å². The van der Waals surface area contributed by atoms with Crippen molar-refractivity contribution in [2.45, 2.75) is 0 Å².